The lowest BCUT2D eigenvalue weighted by Crippen LogP contribution is -2.26. The first-order valence-corrected chi connectivity index (χ1v) is 4.51. The van der Waals surface area contributed by atoms with E-state index in [9.17, 15) is 0 Å². The van der Waals surface area contributed by atoms with Gasteiger partial charge in [-0.1, -0.05) is 0 Å². The van der Waals surface area contributed by atoms with Crippen molar-refractivity contribution in [3.8, 4) is 0 Å². The van der Waals surface area contributed by atoms with Gasteiger partial charge in [0.1, 0.15) is 0 Å². The molecule has 1 aliphatic rings. The molecule has 0 radical (unpaired) electrons. The van der Waals surface area contributed by atoms with Gasteiger partial charge in [-0.3, -0.25) is 9.97 Å². The highest BCUT2D eigenvalue weighted by Gasteiger charge is 2.24. The number of nitrogens with zero attached hydrogens (tertiary/aromatic N) is 2. The predicted molar refractivity (Wildman–Crippen MR) is 47.9 cm³/mol. The molecule has 0 bridgehead atoms. The maximum Gasteiger partial charge on any atom is 0.0784 e. The Bertz CT molecular complexity index is 259. The lowest BCUT2D eigenvalue weighted by molar-refractivity contribution is 0.0888. The third kappa shape index (κ3) is 1.84. The average Bonchev–Trinajstić information content (AvgIpc) is 2.71. The van der Waals surface area contributed by atoms with Crippen LogP contribution in [0.3, 0.4) is 0 Å². The van der Waals surface area contributed by atoms with Crippen LogP contribution < -0.4 is 5.73 Å². The van der Waals surface area contributed by atoms with E-state index in [-0.39, 0.29) is 12.1 Å². The van der Waals surface area contributed by atoms with Gasteiger partial charge in [-0.2, -0.15) is 0 Å². The summed E-state index contributed by atoms with van der Waals surface area (Å²) in [6, 6.07) is -0.129. The van der Waals surface area contributed by atoms with E-state index < -0.39 is 0 Å². The second kappa shape index (κ2) is 3.81. The Morgan fingerprint density at radius 2 is 2.46 bits per heavy atom. The first-order chi connectivity index (χ1) is 6.38. The van der Waals surface area contributed by atoms with Gasteiger partial charge in [-0.05, 0) is 12.8 Å². The third-order valence-corrected chi connectivity index (χ3v) is 2.29. The van der Waals surface area contributed by atoms with Crippen molar-refractivity contribution < 1.29 is 4.74 Å². The first kappa shape index (κ1) is 8.59. The molecular weight excluding hydrogens is 166 g/mol. The molecule has 2 rings (SSSR count). The van der Waals surface area contributed by atoms with E-state index in [2.05, 4.69) is 9.97 Å². The van der Waals surface area contributed by atoms with Crippen LogP contribution in [-0.2, 0) is 4.74 Å². The maximum absolute atomic E-state index is 5.97. The Balaban J connectivity index is 2.08. The van der Waals surface area contributed by atoms with E-state index in [1.54, 1.807) is 18.6 Å². The number of aromatic nitrogens is 2. The highest BCUT2D eigenvalue weighted by atomic mass is 16.5. The second-order valence-electron chi connectivity index (χ2n) is 3.21. The van der Waals surface area contributed by atoms with Crippen molar-refractivity contribution in [2.45, 2.75) is 25.0 Å². The molecule has 2 unspecified atom stereocenters. The minimum Gasteiger partial charge on any atom is -0.376 e. The smallest absolute Gasteiger partial charge is 0.0784 e. The van der Waals surface area contributed by atoms with Gasteiger partial charge in [-0.25, -0.2) is 0 Å². The summed E-state index contributed by atoms with van der Waals surface area (Å²) in [6.45, 7) is 0.818. The van der Waals surface area contributed by atoms with E-state index in [0.29, 0.717) is 0 Å². The van der Waals surface area contributed by atoms with Crippen molar-refractivity contribution in [2.24, 2.45) is 5.73 Å². The molecule has 1 aliphatic heterocycles. The van der Waals surface area contributed by atoms with Crippen molar-refractivity contribution in [2.75, 3.05) is 6.61 Å². The van der Waals surface area contributed by atoms with E-state index in [0.717, 1.165) is 25.1 Å². The molecule has 2 N–H and O–H groups in total. The Labute approximate surface area is 77.1 Å². The van der Waals surface area contributed by atoms with Crippen LogP contribution in [0.5, 0.6) is 0 Å². The van der Waals surface area contributed by atoms with Gasteiger partial charge < -0.3 is 10.5 Å². The fraction of sp³-hybridized carbons (Fsp3) is 0.556. The monoisotopic (exact) mass is 179 g/mol. The van der Waals surface area contributed by atoms with Crippen molar-refractivity contribution in [1.82, 2.24) is 9.97 Å². The standard InChI is InChI=1S/C9H13N3O/c10-9(8-2-1-5-13-8)7-6-11-3-4-12-7/h3-4,6,8-9H,1-2,5,10H2. The molecule has 0 aromatic carbocycles. The summed E-state index contributed by atoms with van der Waals surface area (Å²) in [5, 5.41) is 0. The molecule has 0 spiro atoms. The van der Waals surface area contributed by atoms with Crippen LogP contribution >= 0.6 is 0 Å². The maximum atomic E-state index is 5.97. The second-order valence-corrected chi connectivity index (χ2v) is 3.21. The molecule has 4 nitrogen and oxygen atoms in total. The Hall–Kier alpha value is -1.00. The molecule has 1 fully saturated rings. The van der Waals surface area contributed by atoms with Crippen LogP contribution in [0.25, 0.3) is 0 Å². The molecule has 1 saturated heterocycles. The third-order valence-electron chi connectivity index (χ3n) is 2.29. The summed E-state index contributed by atoms with van der Waals surface area (Å²) in [6.07, 6.45) is 7.25. The topological polar surface area (TPSA) is 61.0 Å². The van der Waals surface area contributed by atoms with Crippen molar-refractivity contribution in [3.63, 3.8) is 0 Å². The highest BCUT2D eigenvalue weighted by molar-refractivity contribution is 5.04. The minimum atomic E-state index is -0.129. The van der Waals surface area contributed by atoms with Gasteiger partial charge in [0, 0.05) is 19.0 Å². The van der Waals surface area contributed by atoms with E-state index in [4.69, 9.17) is 10.5 Å². The quantitative estimate of drug-likeness (QED) is 0.724. The molecule has 1 aromatic heterocycles. The molecular formula is C9H13N3O. The van der Waals surface area contributed by atoms with E-state index in [1.165, 1.54) is 0 Å². The fourth-order valence-corrected chi connectivity index (χ4v) is 1.56. The van der Waals surface area contributed by atoms with Gasteiger partial charge >= 0.3 is 0 Å². The predicted octanol–water partition coefficient (Wildman–Crippen LogP) is 0.655. The summed E-state index contributed by atoms with van der Waals surface area (Å²) in [5.74, 6) is 0. The van der Waals surface area contributed by atoms with Crippen LogP contribution in [0, 0.1) is 0 Å². The molecule has 70 valence electrons. The Morgan fingerprint density at radius 3 is 3.08 bits per heavy atom. The van der Waals surface area contributed by atoms with Crippen LogP contribution in [0.15, 0.2) is 18.6 Å². The fourth-order valence-electron chi connectivity index (χ4n) is 1.56. The SMILES string of the molecule is NC(c1cnccn1)C1CCCO1. The van der Waals surface area contributed by atoms with E-state index >= 15 is 0 Å². The van der Waals surface area contributed by atoms with Crippen LogP contribution in [-0.4, -0.2) is 22.7 Å². The van der Waals surface area contributed by atoms with Crippen molar-refractivity contribution in [1.29, 1.82) is 0 Å². The Kier molecular flexibility index (Phi) is 2.52. The van der Waals surface area contributed by atoms with Gasteiger partial charge in [0.25, 0.3) is 0 Å². The summed E-state index contributed by atoms with van der Waals surface area (Å²) < 4.78 is 5.48. The number of ether oxygens (including phenoxy) is 1. The molecule has 0 saturated carbocycles. The number of hydrogen-bond acceptors (Lipinski definition) is 4. The van der Waals surface area contributed by atoms with E-state index in [1.807, 2.05) is 0 Å². The largest absolute Gasteiger partial charge is 0.376 e. The molecule has 13 heavy (non-hydrogen) atoms. The Morgan fingerprint density at radius 1 is 1.54 bits per heavy atom. The first-order valence-electron chi connectivity index (χ1n) is 4.51. The molecule has 2 heterocycles. The van der Waals surface area contributed by atoms with Crippen LogP contribution in [0.4, 0.5) is 0 Å². The minimum absolute atomic E-state index is 0.122. The number of nitrogens with two attached hydrogens (primary N) is 1. The highest BCUT2D eigenvalue weighted by Crippen LogP contribution is 2.22. The van der Waals surface area contributed by atoms with Crippen molar-refractivity contribution >= 4 is 0 Å². The van der Waals surface area contributed by atoms with Gasteiger partial charge in [0.2, 0.25) is 0 Å². The summed E-state index contributed by atoms with van der Waals surface area (Å²) >= 11 is 0. The zero-order valence-corrected chi connectivity index (χ0v) is 7.39. The lowest BCUT2D eigenvalue weighted by Gasteiger charge is -2.16. The molecule has 0 amide bonds. The molecule has 0 aliphatic carbocycles. The molecule has 4 heteroatoms. The number of rotatable bonds is 2. The normalized spacial score (nSPS) is 24.5. The van der Waals surface area contributed by atoms with Gasteiger partial charge in [-0.15, -0.1) is 0 Å². The summed E-state index contributed by atoms with van der Waals surface area (Å²) in [4.78, 5) is 8.13. The number of hydrogen-bond donors (Lipinski definition) is 1. The van der Waals surface area contributed by atoms with Crippen LogP contribution in [0.1, 0.15) is 24.6 Å². The summed E-state index contributed by atoms with van der Waals surface area (Å²) in [5.41, 5.74) is 6.79. The summed E-state index contributed by atoms with van der Waals surface area (Å²) in [7, 11) is 0. The van der Waals surface area contributed by atoms with Gasteiger partial charge in [0.05, 0.1) is 24.0 Å². The lowest BCUT2D eigenvalue weighted by atomic mass is 10.1. The zero-order valence-electron chi connectivity index (χ0n) is 7.39. The average molecular weight is 179 g/mol. The molecule has 2 atom stereocenters. The van der Waals surface area contributed by atoms with Crippen molar-refractivity contribution in [3.05, 3.63) is 24.3 Å². The van der Waals surface area contributed by atoms with Crippen LogP contribution in [0.2, 0.25) is 0 Å². The van der Waals surface area contributed by atoms with Gasteiger partial charge in [0.15, 0.2) is 0 Å². The molecule has 1 aromatic rings. The zero-order chi connectivity index (χ0) is 9.10.